The second kappa shape index (κ2) is 8.79. The summed E-state index contributed by atoms with van der Waals surface area (Å²) in [7, 11) is 1.20. The van der Waals surface area contributed by atoms with Crippen LogP contribution in [0.15, 0.2) is 36.4 Å². The zero-order chi connectivity index (χ0) is 20.0. The summed E-state index contributed by atoms with van der Waals surface area (Å²) in [5.41, 5.74) is 1.18. The van der Waals surface area contributed by atoms with Crippen molar-refractivity contribution in [1.29, 1.82) is 0 Å². The highest BCUT2D eigenvalue weighted by molar-refractivity contribution is 5.84. The van der Waals surface area contributed by atoms with Crippen molar-refractivity contribution in [2.75, 3.05) is 7.11 Å². The van der Waals surface area contributed by atoms with Gasteiger partial charge in [-0.2, -0.15) is 0 Å². The molecule has 2 aromatic rings. The van der Waals surface area contributed by atoms with Gasteiger partial charge < -0.3 is 30.5 Å². The number of ether oxygens (including phenoxy) is 1. The SMILES string of the molecule is COC(=O)[C@@H](Cc1ccc(O)c(O)c1)NC(=O)CCc1ccc(O)c(O)c1. The van der Waals surface area contributed by atoms with Gasteiger partial charge in [0.2, 0.25) is 5.91 Å². The summed E-state index contributed by atoms with van der Waals surface area (Å²) in [6.45, 7) is 0. The van der Waals surface area contributed by atoms with Gasteiger partial charge in [-0.3, -0.25) is 4.79 Å². The number of carbonyl (C=O) groups excluding carboxylic acids is 2. The van der Waals surface area contributed by atoms with Crippen LogP contribution in [-0.4, -0.2) is 45.5 Å². The molecule has 0 heterocycles. The largest absolute Gasteiger partial charge is 0.504 e. The van der Waals surface area contributed by atoms with Gasteiger partial charge in [-0.1, -0.05) is 12.1 Å². The van der Waals surface area contributed by atoms with Crippen LogP contribution < -0.4 is 5.32 Å². The summed E-state index contributed by atoms with van der Waals surface area (Å²) >= 11 is 0. The van der Waals surface area contributed by atoms with Crippen LogP contribution in [0.1, 0.15) is 17.5 Å². The molecule has 0 bridgehead atoms. The van der Waals surface area contributed by atoms with E-state index >= 15 is 0 Å². The normalized spacial score (nSPS) is 11.6. The molecule has 0 spiro atoms. The van der Waals surface area contributed by atoms with Gasteiger partial charge in [0.25, 0.3) is 0 Å². The standard InChI is InChI=1S/C19H21NO7/c1-27-19(26)13(8-12-3-6-15(22)17(24)10-12)20-18(25)7-4-11-2-5-14(21)16(23)9-11/h2-3,5-6,9-10,13,21-24H,4,7-8H2,1H3,(H,20,25)/t13-/m1/s1. The number of benzene rings is 2. The number of phenolic OH excluding ortho intramolecular Hbond substituents is 4. The summed E-state index contributed by atoms with van der Waals surface area (Å²) in [6.07, 6.45) is 0.429. The Kier molecular flexibility index (Phi) is 6.48. The fourth-order valence-electron chi connectivity index (χ4n) is 2.52. The Hall–Kier alpha value is -3.42. The smallest absolute Gasteiger partial charge is 0.328 e. The van der Waals surface area contributed by atoms with E-state index in [4.69, 9.17) is 4.74 Å². The topological polar surface area (TPSA) is 136 Å². The van der Waals surface area contributed by atoms with E-state index in [1.54, 1.807) is 6.07 Å². The minimum atomic E-state index is -0.959. The predicted octanol–water partition coefficient (Wildman–Crippen LogP) is 1.34. The first-order valence-electron chi connectivity index (χ1n) is 8.19. The van der Waals surface area contributed by atoms with Gasteiger partial charge in [-0.15, -0.1) is 0 Å². The lowest BCUT2D eigenvalue weighted by Crippen LogP contribution is -2.43. The van der Waals surface area contributed by atoms with Crippen LogP contribution in [0.25, 0.3) is 0 Å². The van der Waals surface area contributed by atoms with Gasteiger partial charge in [0.05, 0.1) is 7.11 Å². The molecule has 27 heavy (non-hydrogen) atoms. The molecule has 1 amide bonds. The molecule has 0 saturated carbocycles. The van der Waals surface area contributed by atoms with Crippen LogP contribution >= 0.6 is 0 Å². The van der Waals surface area contributed by atoms with Crippen molar-refractivity contribution in [3.05, 3.63) is 47.5 Å². The molecule has 8 heteroatoms. The highest BCUT2D eigenvalue weighted by atomic mass is 16.5. The molecule has 0 fully saturated rings. The van der Waals surface area contributed by atoms with E-state index in [2.05, 4.69) is 5.32 Å². The van der Waals surface area contributed by atoms with Crippen molar-refractivity contribution < 1.29 is 34.8 Å². The lowest BCUT2D eigenvalue weighted by atomic mass is 10.0. The molecule has 8 nitrogen and oxygen atoms in total. The average molecular weight is 375 g/mol. The second-order valence-electron chi connectivity index (χ2n) is 5.99. The molecule has 2 rings (SSSR count). The quantitative estimate of drug-likeness (QED) is 0.364. The highest BCUT2D eigenvalue weighted by Crippen LogP contribution is 2.26. The van der Waals surface area contributed by atoms with Crippen molar-refractivity contribution in [1.82, 2.24) is 5.32 Å². The molecular formula is C19H21NO7. The summed E-state index contributed by atoms with van der Waals surface area (Å²) in [5, 5.41) is 40.2. The summed E-state index contributed by atoms with van der Waals surface area (Å²) in [4.78, 5) is 24.1. The van der Waals surface area contributed by atoms with Crippen molar-refractivity contribution in [3.63, 3.8) is 0 Å². The lowest BCUT2D eigenvalue weighted by molar-refractivity contribution is -0.145. The van der Waals surface area contributed by atoms with Gasteiger partial charge in [-0.05, 0) is 41.8 Å². The van der Waals surface area contributed by atoms with E-state index < -0.39 is 17.9 Å². The van der Waals surface area contributed by atoms with E-state index in [-0.39, 0.29) is 35.8 Å². The van der Waals surface area contributed by atoms with Crippen LogP contribution in [0.5, 0.6) is 23.0 Å². The first-order valence-corrected chi connectivity index (χ1v) is 8.19. The number of methoxy groups -OCH3 is 1. The number of esters is 1. The van der Waals surface area contributed by atoms with Crippen LogP contribution in [0.2, 0.25) is 0 Å². The Bertz CT molecular complexity index is 835. The Balaban J connectivity index is 1.99. The highest BCUT2D eigenvalue weighted by Gasteiger charge is 2.22. The number of aryl methyl sites for hydroxylation is 1. The number of phenols is 4. The van der Waals surface area contributed by atoms with Gasteiger partial charge in [0, 0.05) is 12.8 Å². The van der Waals surface area contributed by atoms with Crippen molar-refractivity contribution in [3.8, 4) is 23.0 Å². The number of amides is 1. The number of hydrogen-bond acceptors (Lipinski definition) is 7. The van der Waals surface area contributed by atoms with E-state index in [0.717, 1.165) is 0 Å². The van der Waals surface area contributed by atoms with Gasteiger partial charge >= 0.3 is 5.97 Å². The number of nitrogens with one attached hydrogen (secondary N) is 1. The number of rotatable bonds is 7. The fraction of sp³-hybridized carbons (Fsp3) is 0.263. The Labute approximate surface area is 155 Å². The molecule has 0 aliphatic heterocycles. The van der Waals surface area contributed by atoms with E-state index in [9.17, 15) is 30.0 Å². The zero-order valence-electron chi connectivity index (χ0n) is 14.7. The number of carbonyl (C=O) groups is 2. The molecule has 1 atom stereocenters. The van der Waals surface area contributed by atoms with E-state index in [1.165, 1.54) is 37.4 Å². The van der Waals surface area contributed by atoms with Gasteiger partial charge in [-0.25, -0.2) is 4.79 Å². The maximum absolute atomic E-state index is 12.2. The molecular weight excluding hydrogens is 354 g/mol. The molecule has 0 radical (unpaired) electrons. The van der Waals surface area contributed by atoms with Crippen molar-refractivity contribution in [2.24, 2.45) is 0 Å². The maximum atomic E-state index is 12.2. The third-order valence-electron chi connectivity index (χ3n) is 3.98. The average Bonchev–Trinajstić information content (AvgIpc) is 2.64. The maximum Gasteiger partial charge on any atom is 0.328 e. The summed E-state index contributed by atoms with van der Waals surface area (Å²) < 4.78 is 4.70. The minimum absolute atomic E-state index is 0.0541. The number of aromatic hydroxyl groups is 4. The lowest BCUT2D eigenvalue weighted by Gasteiger charge is -2.17. The molecule has 2 aromatic carbocycles. The van der Waals surface area contributed by atoms with Crippen LogP contribution in [0, 0.1) is 0 Å². The number of hydrogen-bond donors (Lipinski definition) is 5. The first-order chi connectivity index (χ1) is 12.8. The molecule has 5 N–H and O–H groups in total. The third kappa shape index (κ3) is 5.53. The van der Waals surface area contributed by atoms with Crippen molar-refractivity contribution in [2.45, 2.75) is 25.3 Å². The third-order valence-corrected chi connectivity index (χ3v) is 3.98. The molecule has 0 unspecified atom stereocenters. The monoisotopic (exact) mass is 375 g/mol. The predicted molar refractivity (Wildman–Crippen MR) is 95.5 cm³/mol. The molecule has 144 valence electrons. The van der Waals surface area contributed by atoms with E-state index in [0.29, 0.717) is 17.5 Å². The summed E-state index contributed by atoms with van der Waals surface area (Å²) in [5.74, 6) is -2.16. The van der Waals surface area contributed by atoms with Gasteiger partial charge in [0.15, 0.2) is 23.0 Å². The minimum Gasteiger partial charge on any atom is -0.504 e. The van der Waals surface area contributed by atoms with Crippen molar-refractivity contribution >= 4 is 11.9 Å². The zero-order valence-corrected chi connectivity index (χ0v) is 14.7. The molecule has 0 aliphatic carbocycles. The fourth-order valence-corrected chi connectivity index (χ4v) is 2.52. The van der Waals surface area contributed by atoms with Gasteiger partial charge in [0.1, 0.15) is 6.04 Å². The summed E-state index contributed by atoms with van der Waals surface area (Å²) in [6, 6.07) is 7.43. The van der Waals surface area contributed by atoms with Crippen LogP contribution in [0.3, 0.4) is 0 Å². The molecule has 0 aliphatic rings. The van der Waals surface area contributed by atoms with Crippen LogP contribution in [-0.2, 0) is 27.2 Å². The Morgan fingerprint density at radius 3 is 2.04 bits per heavy atom. The van der Waals surface area contributed by atoms with Crippen LogP contribution in [0.4, 0.5) is 0 Å². The molecule has 0 saturated heterocycles. The molecule has 0 aromatic heterocycles. The first kappa shape index (κ1) is 19.9. The Morgan fingerprint density at radius 1 is 0.926 bits per heavy atom. The Morgan fingerprint density at radius 2 is 1.48 bits per heavy atom. The van der Waals surface area contributed by atoms with E-state index in [1.807, 2.05) is 0 Å². The second-order valence-corrected chi connectivity index (χ2v) is 5.99.